The van der Waals surface area contributed by atoms with Crippen molar-refractivity contribution in [3.8, 4) is 23.0 Å². The van der Waals surface area contributed by atoms with Crippen molar-refractivity contribution >= 4 is 21.6 Å². The van der Waals surface area contributed by atoms with Crippen molar-refractivity contribution < 1.29 is 27.1 Å². The first-order chi connectivity index (χ1) is 16.3. The summed E-state index contributed by atoms with van der Waals surface area (Å²) in [5, 5.41) is 10.9. The number of carbonyl (C=O) groups is 1. The van der Waals surface area contributed by atoms with Crippen molar-refractivity contribution in [1.82, 2.24) is 14.5 Å². The molecular weight excluding hydrogens is 460 g/mol. The topological polar surface area (TPSA) is 124 Å². The van der Waals surface area contributed by atoms with E-state index >= 15 is 0 Å². The fraction of sp³-hybridized carbons (Fsp3) is 0.348. The van der Waals surface area contributed by atoms with E-state index in [9.17, 15) is 13.2 Å². The highest BCUT2D eigenvalue weighted by molar-refractivity contribution is 7.89. The van der Waals surface area contributed by atoms with E-state index in [0.717, 1.165) is 17.7 Å². The van der Waals surface area contributed by atoms with Crippen molar-refractivity contribution in [3.63, 3.8) is 0 Å². The van der Waals surface area contributed by atoms with Gasteiger partial charge in [0.05, 0.1) is 30.7 Å². The second-order valence-electron chi connectivity index (χ2n) is 7.92. The van der Waals surface area contributed by atoms with Crippen molar-refractivity contribution in [2.24, 2.45) is 0 Å². The van der Waals surface area contributed by atoms with Crippen LogP contribution >= 0.6 is 0 Å². The summed E-state index contributed by atoms with van der Waals surface area (Å²) >= 11 is 0. The van der Waals surface area contributed by atoms with E-state index in [1.165, 1.54) is 36.5 Å². The van der Waals surface area contributed by atoms with Gasteiger partial charge in [-0.15, -0.1) is 10.2 Å². The smallest absolute Gasteiger partial charge is 0.247 e. The first kappa shape index (κ1) is 23.7. The van der Waals surface area contributed by atoms with Gasteiger partial charge in [0.2, 0.25) is 27.7 Å². The normalized spacial score (nSPS) is 16.7. The van der Waals surface area contributed by atoms with Gasteiger partial charge in [-0.1, -0.05) is 0 Å². The molecular formula is C23H26N4O6S. The molecule has 1 aliphatic rings. The molecule has 2 aromatic carbocycles. The fourth-order valence-electron chi connectivity index (χ4n) is 3.90. The molecule has 2 heterocycles. The lowest BCUT2D eigenvalue weighted by Gasteiger charge is -2.30. The van der Waals surface area contributed by atoms with Crippen LogP contribution < -0.4 is 14.8 Å². The molecule has 11 heteroatoms. The Morgan fingerprint density at radius 3 is 2.56 bits per heavy atom. The molecule has 180 valence electrons. The Morgan fingerprint density at radius 1 is 1.12 bits per heavy atom. The molecule has 1 N–H and O–H groups in total. The number of rotatable bonds is 7. The third-order valence-electron chi connectivity index (χ3n) is 5.63. The highest BCUT2D eigenvalue weighted by Crippen LogP contribution is 2.34. The summed E-state index contributed by atoms with van der Waals surface area (Å²) in [5.41, 5.74) is 1.05. The molecule has 4 rings (SSSR count). The van der Waals surface area contributed by atoms with E-state index in [1.54, 1.807) is 19.2 Å². The van der Waals surface area contributed by atoms with E-state index in [-0.39, 0.29) is 23.3 Å². The number of ether oxygens (including phenoxy) is 2. The first-order valence-electron chi connectivity index (χ1n) is 10.8. The van der Waals surface area contributed by atoms with Gasteiger partial charge in [0.1, 0.15) is 11.5 Å². The van der Waals surface area contributed by atoms with Gasteiger partial charge >= 0.3 is 0 Å². The number of sulfonamides is 1. The van der Waals surface area contributed by atoms with Crippen LogP contribution in [0.3, 0.4) is 0 Å². The number of anilines is 1. The van der Waals surface area contributed by atoms with E-state index in [1.807, 2.05) is 12.1 Å². The summed E-state index contributed by atoms with van der Waals surface area (Å²) in [5.74, 6) is 1.32. The number of carbonyl (C=O) groups excluding carboxylic acids is 1. The van der Waals surface area contributed by atoms with Crippen LogP contribution in [0.25, 0.3) is 11.5 Å². The minimum Gasteiger partial charge on any atom is -0.497 e. The Labute approximate surface area is 197 Å². The maximum atomic E-state index is 13.4. The lowest BCUT2D eigenvalue weighted by molar-refractivity contribution is -0.114. The molecule has 1 fully saturated rings. The summed E-state index contributed by atoms with van der Waals surface area (Å²) < 4.78 is 44.5. The van der Waals surface area contributed by atoms with Gasteiger partial charge in [0.15, 0.2) is 0 Å². The van der Waals surface area contributed by atoms with Crippen LogP contribution in [0.15, 0.2) is 51.8 Å². The van der Waals surface area contributed by atoms with Gasteiger partial charge in [0.25, 0.3) is 0 Å². The molecule has 3 aromatic rings. The second kappa shape index (κ2) is 9.82. The highest BCUT2D eigenvalue weighted by Gasteiger charge is 2.33. The van der Waals surface area contributed by atoms with Crippen LogP contribution in [0.5, 0.6) is 11.5 Å². The number of benzene rings is 2. The molecule has 1 aliphatic heterocycles. The highest BCUT2D eigenvalue weighted by atomic mass is 32.2. The summed E-state index contributed by atoms with van der Waals surface area (Å²) in [6.07, 6.45) is 1.38. The number of aromatic nitrogens is 2. The third-order valence-corrected chi connectivity index (χ3v) is 7.49. The zero-order valence-electron chi connectivity index (χ0n) is 19.1. The molecule has 10 nitrogen and oxygen atoms in total. The van der Waals surface area contributed by atoms with Crippen molar-refractivity contribution in [2.45, 2.75) is 30.6 Å². The average molecular weight is 487 g/mol. The molecule has 1 atom stereocenters. The van der Waals surface area contributed by atoms with E-state index in [0.29, 0.717) is 36.2 Å². The lowest BCUT2D eigenvalue weighted by atomic mass is 10.00. The predicted molar refractivity (Wildman–Crippen MR) is 124 cm³/mol. The monoisotopic (exact) mass is 486 g/mol. The molecule has 34 heavy (non-hydrogen) atoms. The number of hydrogen-bond acceptors (Lipinski definition) is 8. The van der Waals surface area contributed by atoms with Crippen LogP contribution in [0.1, 0.15) is 31.6 Å². The van der Waals surface area contributed by atoms with E-state index in [4.69, 9.17) is 13.9 Å². The van der Waals surface area contributed by atoms with Gasteiger partial charge < -0.3 is 19.2 Å². The van der Waals surface area contributed by atoms with Crippen molar-refractivity contribution in [3.05, 3.63) is 48.4 Å². The number of methoxy groups -OCH3 is 2. The Kier molecular flexibility index (Phi) is 6.85. The molecule has 1 saturated heterocycles. The average Bonchev–Trinajstić information content (AvgIpc) is 3.34. The second-order valence-corrected chi connectivity index (χ2v) is 9.86. The summed E-state index contributed by atoms with van der Waals surface area (Å²) in [4.78, 5) is 11.6. The fourth-order valence-corrected chi connectivity index (χ4v) is 5.45. The summed E-state index contributed by atoms with van der Waals surface area (Å²) in [6.45, 7) is 1.94. The van der Waals surface area contributed by atoms with Gasteiger partial charge in [-0.05, 0) is 55.3 Å². The molecule has 0 spiro atoms. The van der Waals surface area contributed by atoms with Gasteiger partial charge in [-0.2, -0.15) is 4.31 Å². The third kappa shape index (κ3) is 4.90. The van der Waals surface area contributed by atoms with Gasteiger partial charge in [-0.25, -0.2) is 8.42 Å². The number of nitrogens with zero attached hydrogens (tertiary/aromatic N) is 3. The van der Waals surface area contributed by atoms with Crippen molar-refractivity contribution in [1.29, 1.82) is 0 Å². The van der Waals surface area contributed by atoms with Crippen LogP contribution in [-0.4, -0.2) is 56.1 Å². The quantitative estimate of drug-likeness (QED) is 0.540. The number of piperidine rings is 1. The zero-order chi connectivity index (χ0) is 24.3. The van der Waals surface area contributed by atoms with Gasteiger partial charge in [-0.3, -0.25) is 4.79 Å². The minimum absolute atomic E-state index is 0.0714. The lowest BCUT2D eigenvalue weighted by Crippen LogP contribution is -2.39. The zero-order valence-corrected chi connectivity index (χ0v) is 20.0. The largest absolute Gasteiger partial charge is 0.497 e. The predicted octanol–water partition coefficient (Wildman–Crippen LogP) is 3.28. The molecule has 1 aromatic heterocycles. The maximum absolute atomic E-state index is 13.4. The molecule has 0 aliphatic carbocycles. The van der Waals surface area contributed by atoms with Crippen LogP contribution in [0, 0.1) is 0 Å². The molecule has 1 amide bonds. The van der Waals surface area contributed by atoms with Gasteiger partial charge in [0, 0.05) is 25.6 Å². The summed E-state index contributed by atoms with van der Waals surface area (Å²) in [7, 11) is -0.771. The molecule has 0 saturated carbocycles. The number of nitrogens with one attached hydrogen (secondary N) is 1. The Balaban J connectivity index is 1.54. The molecule has 0 radical (unpaired) electrons. The van der Waals surface area contributed by atoms with Crippen LogP contribution in [0.4, 0.5) is 5.69 Å². The molecule has 0 bridgehead atoms. The maximum Gasteiger partial charge on any atom is 0.247 e. The molecule has 0 unspecified atom stereocenters. The van der Waals surface area contributed by atoms with E-state index < -0.39 is 10.0 Å². The minimum atomic E-state index is -3.82. The Hall–Kier alpha value is -3.44. The number of amides is 1. The van der Waals surface area contributed by atoms with Crippen LogP contribution in [0.2, 0.25) is 0 Å². The van der Waals surface area contributed by atoms with Crippen LogP contribution in [-0.2, 0) is 14.8 Å². The van der Waals surface area contributed by atoms with E-state index in [2.05, 4.69) is 15.5 Å². The Morgan fingerprint density at radius 2 is 1.88 bits per heavy atom. The summed E-state index contributed by atoms with van der Waals surface area (Å²) in [6, 6.07) is 11.7. The standard InChI is InChI=1S/C23H26N4O6S/c1-15(28)24-20-13-19(10-11-21(20)32-3)34(29,30)27-12-4-5-17(14-27)23-26-25-22(33-23)16-6-8-18(31-2)9-7-16/h6-11,13,17H,4-5,12,14H2,1-3H3,(H,24,28)/t17-/m0/s1. The first-order valence-corrected chi connectivity index (χ1v) is 12.2. The SMILES string of the molecule is COc1ccc(-c2nnc([C@H]3CCCN(S(=O)(=O)c4ccc(OC)c(NC(C)=O)c4)C3)o2)cc1. The Bertz CT molecular complexity index is 1270. The van der Waals surface area contributed by atoms with Crippen molar-refractivity contribution in [2.75, 3.05) is 32.6 Å². The number of hydrogen-bond donors (Lipinski definition) is 1.